The Morgan fingerprint density at radius 3 is 2.40 bits per heavy atom. The molecule has 25 heavy (non-hydrogen) atoms. The fourth-order valence-corrected chi connectivity index (χ4v) is 4.45. The Kier molecular flexibility index (Phi) is 7.25. The van der Waals surface area contributed by atoms with Crippen molar-refractivity contribution in [1.82, 2.24) is 9.62 Å². The van der Waals surface area contributed by atoms with Crippen molar-refractivity contribution < 1.29 is 17.9 Å². The molecule has 1 aromatic rings. The Hall–Kier alpha value is -1.60. The van der Waals surface area contributed by atoms with E-state index in [1.54, 1.807) is 0 Å². The molecule has 0 radical (unpaired) electrons. The number of nitrogens with one attached hydrogen (secondary N) is 1. The summed E-state index contributed by atoms with van der Waals surface area (Å²) in [6.45, 7) is 4.85. The molecule has 0 spiro atoms. The molecule has 1 aliphatic rings. The highest BCUT2D eigenvalue weighted by molar-refractivity contribution is 7.89. The lowest BCUT2D eigenvalue weighted by atomic mass is 10.1. The third-order valence-electron chi connectivity index (χ3n) is 4.38. The van der Waals surface area contributed by atoms with Gasteiger partial charge in [-0.15, -0.1) is 0 Å². The van der Waals surface area contributed by atoms with Gasteiger partial charge in [0.15, 0.2) is 6.61 Å². The van der Waals surface area contributed by atoms with Gasteiger partial charge in [0.05, 0.1) is 5.75 Å². The van der Waals surface area contributed by atoms with E-state index in [1.807, 2.05) is 31.2 Å². The molecule has 7 heteroatoms. The van der Waals surface area contributed by atoms with E-state index in [0.29, 0.717) is 38.1 Å². The van der Waals surface area contributed by atoms with Crippen molar-refractivity contribution >= 4 is 15.9 Å². The van der Waals surface area contributed by atoms with Crippen LogP contribution >= 0.6 is 0 Å². The third-order valence-corrected chi connectivity index (χ3v) is 6.45. The number of aryl methyl sites for hydroxylation is 1. The van der Waals surface area contributed by atoms with E-state index in [1.165, 1.54) is 9.87 Å². The largest absolute Gasteiger partial charge is 0.484 e. The second-order valence-corrected chi connectivity index (χ2v) is 8.43. The number of hydrogen-bond donors (Lipinski definition) is 1. The van der Waals surface area contributed by atoms with Crippen molar-refractivity contribution in [2.75, 3.05) is 25.4 Å². The van der Waals surface area contributed by atoms with Gasteiger partial charge >= 0.3 is 0 Å². The highest BCUT2D eigenvalue weighted by atomic mass is 32.2. The molecule has 0 bridgehead atoms. The maximum atomic E-state index is 12.0. The predicted octanol–water partition coefficient (Wildman–Crippen LogP) is 1.95. The molecule has 0 unspecified atom stereocenters. The quantitative estimate of drug-likeness (QED) is 0.761. The molecule has 0 aliphatic carbocycles. The van der Waals surface area contributed by atoms with Gasteiger partial charge in [-0.05, 0) is 43.4 Å². The minimum absolute atomic E-state index is 0.00615. The zero-order valence-electron chi connectivity index (χ0n) is 15.0. The third kappa shape index (κ3) is 6.01. The number of carbonyl (C=O) groups excluding carboxylic acids is 1. The van der Waals surface area contributed by atoms with Gasteiger partial charge in [0.25, 0.3) is 5.91 Å². The highest BCUT2D eigenvalue weighted by Gasteiger charge is 2.27. The topological polar surface area (TPSA) is 75.7 Å². The van der Waals surface area contributed by atoms with Gasteiger partial charge in [0, 0.05) is 19.1 Å². The van der Waals surface area contributed by atoms with Crippen molar-refractivity contribution in [3.63, 3.8) is 0 Å². The SMILES string of the molecule is CCCS(=O)(=O)N1CCC(NC(=O)COc2ccc(CC)cc2)CC1. The Balaban J connectivity index is 1.73. The van der Waals surface area contributed by atoms with Gasteiger partial charge in [0.1, 0.15) is 5.75 Å². The number of nitrogens with zero attached hydrogens (tertiary/aromatic N) is 1. The van der Waals surface area contributed by atoms with Crippen LogP contribution in [0.25, 0.3) is 0 Å². The normalized spacial score (nSPS) is 16.6. The summed E-state index contributed by atoms with van der Waals surface area (Å²) in [7, 11) is -3.14. The number of benzene rings is 1. The molecule has 2 rings (SSSR count). The summed E-state index contributed by atoms with van der Waals surface area (Å²) >= 11 is 0. The van der Waals surface area contributed by atoms with Crippen molar-refractivity contribution in [3.05, 3.63) is 29.8 Å². The molecule has 0 aromatic heterocycles. The number of piperidine rings is 1. The smallest absolute Gasteiger partial charge is 0.258 e. The van der Waals surface area contributed by atoms with E-state index >= 15 is 0 Å². The van der Waals surface area contributed by atoms with E-state index in [4.69, 9.17) is 4.74 Å². The van der Waals surface area contributed by atoms with Crippen molar-refractivity contribution in [1.29, 1.82) is 0 Å². The van der Waals surface area contributed by atoms with Gasteiger partial charge in [-0.1, -0.05) is 26.0 Å². The molecule has 1 fully saturated rings. The van der Waals surface area contributed by atoms with Crippen LogP contribution in [0.1, 0.15) is 38.7 Å². The van der Waals surface area contributed by atoms with Gasteiger partial charge < -0.3 is 10.1 Å². The Morgan fingerprint density at radius 2 is 1.84 bits per heavy atom. The molecular weight excluding hydrogens is 340 g/mol. The summed E-state index contributed by atoms with van der Waals surface area (Å²) in [5.41, 5.74) is 1.22. The average Bonchev–Trinajstić information content (AvgIpc) is 2.61. The van der Waals surface area contributed by atoms with Crippen LogP contribution in [0.15, 0.2) is 24.3 Å². The van der Waals surface area contributed by atoms with Crippen LogP contribution in [-0.4, -0.2) is 50.1 Å². The maximum absolute atomic E-state index is 12.0. The van der Waals surface area contributed by atoms with Gasteiger partial charge in [-0.2, -0.15) is 0 Å². The first-order valence-electron chi connectivity index (χ1n) is 8.93. The first kappa shape index (κ1) is 19.7. The summed E-state index contributed by atoms with van der Waals surface area (Å²) in [6, 6.07) is 7.71. The van der Waals surface area contributed by atoms with Crippen molar-refractivity contribution in [2.45, 2.75) is 45.6 Å². The number of carbonyl (C=O) groups is 1. The van der Waals surface area contributed by atoms with E-state index in [2.05, 4.69) is 12.2 Å². The Bertz CT molecular complexity index is 650. The molecule has 1 heterocycles. The van der Waals surface area contributed by atoms with Crippen LogP contribution in [0.3, 0.4) is 0 Å². The first-order chi connectivity index (χ1) is 11.9. The first-order valence-corrected chi connectivity index (χ1v) is 10.5. The fourth-order valence-electron chi connectivity index (χ4n) is 2.90. The summed E-state index contributed by atoms with van der Waals surface area (Å²) in [5.74, 6) is 0.691. The molecule has 1 aliphatic heterocycles. The lowest BCUT2D eigenvalue weighted by molar-refractivity contribution is -0.124. The summed E-state index contributed by atoms with van der Waals surface area (Å²) in [4.78, 5) is 12.0. The average molecular weight is 368 g/mol. The van der Waals surface area contributed by atoms with E-state index in [9.17, 15) is 13.2 Å². The van der Waals surface area contributed by atoms with Crippen molar-refractivity contribution in [2.24, 2.45) is 0 Å². The van der Waals surface area contributed by atoms with Gasteiger partial charge in [0.2, 0.25) is 10.0 Å². The maximum Gasteiger partial charge on any atom is 0.258 e. The zero-order valence-corrected chi connectivity index (χ0v) is 15.8. The predicted molar refractivity (Wildman–Crippen MR) is 98.1 cm³/mol. The van der Waals surface area contributed by atoms with Crippen LogP contribution in [-0.2, 0) is 21.2 Å². The van der Waals surface area contributed by atoms with Crippen LogP contribution in [0.2, 0.25) is 0 Å². The summed E-state index contributed by atoms with van der Waals surface area (Å²) in [5, 5.41) is 2.93. The molecule has 1 amide bonds. The molecule has 1 saturated heterocycles. The molecule has 1 N–H and O–H groups in total. The fraction of sp³-hybridized carbons (Fsp3) is 0.611. The zero-order chi connectivity index (χ0) is 18.3. The van der Waals surface area contributed by atoms with E-state index in [0.717, 1.165) is 6.42 Å². The van der Waals surface area contributed by atoms with E-state index in [-0.39, 0.29) is 24.3 Å². The molecular formula is C18H28N2O4S. The molecule has 1 aromatic carbocycles. The van der Waals surface area contributed by atoms with Crippen LogP contribution in [0.4, 0.5) is 0 Å². The van der Waals surface area contributed by atoms with Gasteiger partial charge in [-0.25, -0.2) is 12.7 Å². The van der Waals surface area contributed by atoms with Crippen LogP contribution < -0.4 is 10.1 Å². The number of rotatable bonds is 8. The summed E-state index contributed by atoms with van der Waals surface area (Å²) in [6.07, 6.45) is 2.86. The number of sulfonamides is 1. The minimum Gasteiger partial charge on any atom is -0.484 e. The van der Waals surface area contributed by atoms with E-state index < -0.39 is 10.0 Å². The molecule has 140 valence electrons. The second-order valence-electron chi connectivity index (χ2n) is 6.34. The lowest BCUT2D eigenvalue weighted by Gasteiger charge is -2.31. The lowest BCUT2D eigenvalue weighted by Crippen LogP contribution is -2.47. The summed E-state index contributed by atoms with van der Waals surface area (Å²) < 4.78 is 31.1. The minimum atomic E-state index is -3.14. The second kappa shape index (κ2) is 9.20. The monoisotopic (exact) mass is 368 g/mol. The van der Waals surface area contributed by atoms with Gasteiger partial charge in [-0.3, -0.25) is 4.79 Å². The van der Waals surface area contributed by atoms with Crippen LogP contribution in [0.5, 0.6) is 5.75 Å². The van der Waals surface area contributed by atoms with Crippen molar-refractivity contribution in [3.8, 4) is 5.75 Å². The number of amides is 1. The standard InChI is InChI=1S/C18H28N2O4S/c1-3-13-25(22,23)20-11-9-16(10-12-20)19-18(21)14-24-17-7-5-15(4-2)6-8-17/h5-8,16H,3-4,9-14H2,1-2H3,(H,19,21). The highest BCUT2D eigenvalue weighted by Crippen LogP contribution is 2.15. The Labute approximate surface area is 150 Å². The molecule has 0 saturated carbocycles. The number of ether oxygens (including phenoxy) is 1. The van der Waals surface area contributed by atoms with Crippen LogP contribution in [0, 0.1) is 0 Å². The molecule has 0 atom stereocenters. The number of hydrogen-bond acceptors (Lipinski definition) is 4. The molecule has 6 nitrogen and oxygen atoms in total. The Morgan fingerprint density at radius 1 is 1.20 bits per heavy atom.